The van der Waals surface area contributed by atoms with Crippen LogP contribution in [0.4, 0.5) is 0 Å². The maximum atomic E-state index is 12.3. The predicted octanol–water partition coefficient (Wildman–Crippen LogP) is 2.48. The first-order valence-electron chi connectivity index (χ1n) is 8.90. The van der Waals surface area contributed by atoms with E-state index < -0.39 is 5.97 Å². The SMILES string of the molecule is CCN(Cc1ccccc1)C(=O)CNC(=O)CCc1ccc(C(=O)O)cc1. The van der Waals surface area contributed by atoms with Crippen LogP contribution in [0.2, 0.25) is 0 Å². The molecule has 0 fully saturated rings. The van der Waals surface area contributed by atoms with Crippen molar-refractivity contribution >= 4 is 17.8 Å². The maximum absolute atomic E-state index is 12.3. The van der Waals surface area contributed by atoms with Crippen molar-refractivity contribution in [2.24, 2.45) is 0 Å². The number of aromatic carboxylic acids is 1. The van der Waals surface area contributed by atoms with Gasteiger partial charge in [-0.2, -0.15) is 0 Å². The summed E-state index contributed by atoms with van der Waals surface area (Å²) in [7, 11) is 0. The van der Waals surface area contributed by atoms with Crippen molar-refractivity contribution in [3.8, 4) is 0 Å². The molecule has 6 nitrogen and oxygen atoms in total. The third-order valence-electron chi connectivity index (χ3n) is 4.23. The lowest BCUT2D eigenvalue weighted by molar-refractivity contribution is -0.133. The van der Waals surface area contributed by atoms with Gasteiger partial charge in [0, 0.05) is 19.5 Å². The van der Waals surface area contributed by atoms with Gasteiger partial charge in [0.2, 0.25) is 11.8 Å². The largest absolute Gasteiger partial charge is 0.478 e. The Morgan fingerprint density at radius 1 is 0.963 bits per heavy atom. The molecule has 2 rings (SSSR count). The summed E-state index contributed by atoms with van der Waals surface area (Å²) in [5.74, 6) is -1.31. The number of carboxylic acids is 1. The molecule has 2 aromatic rings. The zero-order chi connectivity index (χ0) is 19.6. The number of nitrogens with one attached hydrogen (secondary N) is 1. The number of hydrogen-bond donors (Lipinski definition) is 2. The van der Waals surface area contributed by atoms with Crippen molar-refractivity contribution < 1.29 is 19.5 Å². The highest BCUT2D eigenvalue weighted by atomic mass is 16.4. The van der Waals surface area contributed by atoms with E-state index >= 15 is 0 Å². The van der Waals surface area contributed by atoms with Gasteiger partial charge in [-0.3, -0.25) is 9.59 Å². The number of rotatable bonds is 9. The Labute approximate surface area is 158 Å². The molecule has 6 heteroatoms. The fraction of sp³-hybridized carbons (Fsp3) is 0.286. The van der Waals surface area contributed by atoms with Gasteiger partial charge in [-0.25, -0.2) is 4.79 Å². The molecule has 0 unspecified atom stereocenters. The van der Waals surface area contributed by atoms with Crippen molar-refractivity contribution in [3.05, 3.63) is 71.3 Å². The zero-order valence-corrected chi connectivity index (χ0v) is 15.4. The van der Waals surface area contributed by atoms with E-state index in [1.54, 1.807) is 17.0 Å². The van der Waals surface area contributed by atoms with E-state index in [2.05, 4.69) is 5.32 Å². The maximum Gasteiger partial charge on any atom is 0.335 e. The van der Waals surface area contributed by atoms with Gasteiger partial charge < -0.3 is 15.3 Å². The quantitative estimate of drug-likeness (QED) is 0.712. The molecule has 27 heavy (non-hydrogen) atoms. The number of benzene rings is 2. The van der Waals surface area contributed by atoms with Gasteiger partial charge in [0.15, 0.2) is 0 Å². The standard InChI is InChI=1S/C21H24N2O4/c1-2-23(15-17-6-4-3-5-7-17)20(25)14-22-19(24)13-10-16-8-11-18(12-9-16)21(26)27/h3-9,11-12H,2,10,13-15H2,1H3,(H,22,24)(H,26,27). The predicted molar refractivity (Wildman–Crippen MR) is 102 cm³/mol. The van der Waals surface area contributed by atoms with Gasteiger partial charge in [0.25, 0.3) is 0 Å². The highest BCUT2D eigenvalue weighted by Gasteiger charge is 2.13. The molecule has 0 saturated carbocycles. The average molecular weight is 368 g/mol. The van der Waals surface area contributed by atoms with Crippen LogP contribution >= 0.6 is 0 Å². The normalized spacial score (nSPS) is 10.3. The molecule has 0 saturated heterocycles. The summed E-state index contributed by atoms with van der Waals surface area (Å²) in [5.41, 5.74) is 2.14. The lowest BCUT2D eigenvalue weighted by Gasteiger charge is -2.21. The molecule has 0 heterocycles. The molecule has 0 radical (unpaired) electrons. The third-order valence-corrected chi connectivity index (χ3v) is 4.23. The number of carbonyl (C=O) groups excluding carboxylic acids is 2. The van der Waals surface area contributed by atoms with E-state index in [1.807, 2.05) is 37.3 Å². The first-order valence-corrected chi connectivity index (χ1v) is 8.90. The molecular formula is C21H24N2O4. The number of aryl methyl sites for hydroxylation is 1. The number of carbonyl (C=O) groups is 3. The Morgan fingerprint density at radius 3 is 2.22 bits per heavy atom. The van der Waals surface area contributed by atoms with Gasteiger partial charge in [0.05, 0.1) is 12.1 Å². The van der Waals surface area contributed by atoms with Crippen molar-refractivity contribution in [3.63, 3.8) is 0 Å². The molecule has 0 aromatic heterocycles. The van der Waals surface area contributed by atoms with Crippen molar-refractivity contribution in [2.45, 2.75) is 26.3 Å². The van der Waals surface area contributed by atoms with Crippen LogP contribution in [0.3, 0.4) is 0 Å². The Bertz CT molecular complexity index is 773. The van der Waals surface area contributed by atoms with Crippen molar-refractivity contribution in [1.29, 1.82) is 0 Å². The van der Waals surface area contributed by atoms with E-state index in [4.69, 9.17) is 5.11 Å². The van der Waals surface area contributed by atoms with Crippen LogP contribution in [0.25, 0.3) is 0 Å². The van der Waals surface area contributed by atoms with Gasteiger partial charge in [-0.15, -0.1) is 0 Å². The second-order valence-corrected chi connectivity index (χ2v) is 6.17. The number of likely N-dealkylation sites (N-methyl/N-ethyl adjacent to an activating group) is 1. The Balaban J connectivity index is 1.76. The van der Waals surface area contributed by atoms with Gasteiger partial charge >= 0.3 is 5.97 Å². The van der Waals surface area contributed by atoms with Crippen LogP contribution in [0.15, 0.2) is 54.6 Å². The monoisotopic (exact) mass is 368 g/mol. The highest BCUT2D eigenvalue weighted by Crippen LogP contribution is 2.07. The Morgan fingerprint density at radius 2 is 1.63 bits per heavy atom. The van der Waals surface area contributed by atoms with E-state index in [-0.39, 0.29) is 30.3 Å². The molecule has 2 aromatic carbocycles. The number of amides is 2. The van der Waals surface area contributed by atoms with Crippen molar-refractivity contribution in [2.75, 3.05) is 13.1 Å². The summed E-state index contributed by atoms with van der Waals surface area (Å²) in [6, 6.07) is 16.1. The lowest BCUT2D eigenvalue weighted by atomic mass is 10.1. The number of hydrogen-bond acceptors (Lipinski definition) is 3. The van der Waals surface area contributed by atoms with Crippen molar-refractivity contribution in [1.82, 2.24) is 10.2 Å². The Hall–Kier alpha value is -3.15. The average Bonchev–Trinajstić information content (AvgIpc) is 2.69. The molecular weight excluding hydrogens is 344 g/mol. The van der Waals surface area contributed by atoms with Gasteiger partial charge in [-0.1, -0.05) is 42.5 Å². The zero-order valence-electron chi connectivity index (χ0n) is 15.4. The molecule has 0 bridgehead atoms. The third kappa shape index (κ3) is 6.58. The Kier molecular flexibility index (Phi) is 7.55. The summed E-state index contributed by atoms with van der Waals surface area (Å²) in [4.78, 5) is 36.8. The van der Waals surface area contributed by atoms with E-state index in [0.29, 0.717) is 19.5 Å². The molecule has 0 aliphatic carbocycles. The first-order chi connectivity index (χ1) is 13.0. The van der Waals surface area contributed by atoms with Crippen LogP contribution in [0.1, 0.15) is 34.8 Å². The minimum absolute atomic E-state index is 0.0303. The fourth-order valence-electron chi connectivity index (χ4n) is 2.63. The summed E-state index contributed by atoms with van der Waals surface area (Å²) in [5, 5.41) is 11.5. The fourth-order valence-corrected chi connectivity index (χ4v) is 2.63. The van der Waals surface area contributed by atoms with Gasteiger partial charge in [-0.05, 0) is 36.6 Å². The molecule has 0 atom stereocenters. The summed E-state index contributed by atoms with van der Waals surface area (Å²) >= 11 is 0. The second-order valence-electron chi connectivity index (χ2n) is 6.17. The first kappa shape index (κ1) is 20.2. The molecule has 142 valence electrons. The minimum atomic E-state index is -0.978. The highest BCUT2D eigenvalue weighted by molar-refractivity contribution is 5.87. The molecule has 0 aliphatic rings. The molecule has 2 N–H and O–H groups in total. The molecule has 0 aliphatic heterocycles. The minimum Gasteiger partial charge on any atom is -0.478 e. The van der Waals surface area contributed by atoms with Crippen LogP contribution < -0.4 is 5.32 Å². The molecule has 0 spiro atoms. The van der Waals surface area contributed by atoms with Crippen LogP contribution in [-0.4, -0.2) is 40.9 Å². The summed E-state index contributed by atoms with van der Waals surface area (Å²) in [6.07, 6.45) is 0.728. The van der Waals surface area contributed by atoms with E-state index in [9.17, 15) is 14.4 Å². The van der Waals surface area contributed by atoms with Crippen LogP contribution in [0.5, 0.6) is 0 Å². The second kappa shape index (κ2) is 10.1. The van der Waals surface area contributed by atoms with E-state index in [0.717, 1.165) is 11.1 Å². The van der Waals surface area contributed by atoms with Crippen LogP contribution in [0, 0.1) is 0 Å². The van der Waals surface area contributed by atoms with Crippen LogP contribution in [-0.2, 0) is 22.6 Å². The number of carboxylic acid groups (broad SMARTS) is 1. The topological polar surface area (TPSA) is 86.7 Å². The van der Waals surface area contributed by atoms with Gasteiger partial charge in [0.1, 0.15) is 0 Å². The lowest BCUT2D eigenvalue weighted by Crippen LogP contribution is -2.39. The summed E-state index contributed by atoms with van der Waals surface area (Å²) in [6.45, 7) is 2.96. The number of nitrogens with zero attached hydrogens (tertiary/aromatic N) is 1. The summed E-state index contributed by atoms with van der Waals surface area (Å²) < 4.78 is 0. The smallest absolute Gasteiger partial charge is 0.335 e. The molecule has 2 amide bonds. The van der Waals surface area contributed by atoms with E-state index in [1.165, 1.54) is 12.1 Å².